The number of nitrogen functional groups attached to an aromatic ring is 1. The zero-order valence-corrected chi connectivity index (χ0v) is 13.5. The summed E-state index contributed by atoms with van der Waals surface area (Å²) in [5.74, 6) is 0.740. The summed E-state index contributed by atoms with van der Waals surface area (Å²) < 4.78 is 0. The zero-order chi connectivity index (χ0) is 17.4. The van der Waals surface area contributed by atoms with Crippen LogP contribution in [0, 0.1) is 6.92 Å². The summed E-state index contributed by atoms with van der Waals surface area (Å²) in [4.78, 5) is 8.34. The number of aryl methyl sites for hydroxylation is 1. The van der Waals surface area contributed by atoms with Crippen molar-refractivity contribution in [1.29, 1.82) is 0 Å². The number of hydrogen-bond donors (Lipinski definition) is 4. The Morgan fingerprint density at radius 2 is 1.88 bits per heavy atom. The van der Waals surface area contributed by atoms with Crippen molar-refractivity contribution in [3.8, 4) is 17.0 Å². The van der Waals surface area contributed by atoms with Gasteiger partial charge in [-0.1, -0.05) is 29.8 Å². The first-order valence-corrected chi connectivity index (χ1v) is 7.73. The van der Waals surface area contributed by atoms with Gasteiger partial charge in [0.1, 0.15) is 12.0 Å². The number of rotatable bonds is 3. The number of aromatic nitrogens is 4. The molecule has 124 valence electrons. The Labute approximate surface area is 143 Å². The first-order chi connectivity index (χ1) is 12.1. The van der Waals surface area contributed by atoms with Gasteiger partial charge in [0.25, 0.3) is 0 Å². The van der Waals surface area contributed by atoms with Crippen LogP contribution >= 0.6 is 0 Å². The summed E-state index contributed by atoms with van der Waals surface area (Å²) in [6.45, 7) is 2.01. The number of nitrogens with two attached hydrogens (primary N) is 1. The largest absolute Gasteiger partial charge is 0.503 e. The molecule has 0 aliphatic heterocycles. The Morgan fingerprint density at radius 3 is 2.68 bits per heavy atom. The van der Waals surface area contributed by atoms with Crippen LogP contribution in [0.15, 0.2) is 48.8 Å². The first kappa shape index (κ1) is 14.9. The summed E-state index contributed by atoms with van der Waals surface area (Å²) in [5.41, 5.74) is 9.85. The third kappa shape index (κ3) is 2.72. The fraction of sp³-hybridized carbons (Fsp3) is 0.0556. The Balaban J connectivity index is 1.71. The summed E-state index contributed by atoms with van der Waals surface area (Å²) in [6, 6.07) is 13.3. The normalized spacial score (nSPS) is 10.9. The molecule has 0 atom stereocenters. The van der Waals surface area contributed by atoms with Gasteiger partial charge in [-0.05, 0) is 25.1 Å². The van der Waals surface area contributed by atoms with E-state index in [2.05, 4.69) is 25.5 Å². The number of aromatic amines is 1. The average Bonchev–Trinajstić information content (AvgIpc) is 2.99. The molecule has 5 N–H and O–H groups in total. The molecule has 0 aliphatic carbocycles. The van der Waals surface area contributed by atoms with Gasteiger partial charge in [0.05, 0.1) is 5.52 Å². The van der Waals surface area contributed by atoms with Crippen LogP contribution in [0.5, 0.6) is 5.75 Å². The van der Waals surface area contributed by atoms with Crippen molar-refractivity contribution in [2.75, 3.05) is 11.1 Å². The molecule has 0 saturated heterocycles. The lowest BCUT2D eigenvalue weighted by Gasteiger charge is -2.10. The Kier molecular flexibility index (Phi) is 3.46. The number of hydrogen-bond acceptors (Lipinski definition) is 6. The van der Waals surface area contributed by atoms with Crippen molar-refractivity contribution in [1.82, 2.24) is 20.2 Å². The minimum Gasteiger partial charge on any atom is -0.503 e. The molecular formula is C18H16N6O. The van der Waals surface area contributed by atoms with Crippen LogP contribution in [0.2, 0.25) is 0 Å². The maximum absolute atomic E-state index is 10.6. The van der Waals surface area contributed by atoms with Gasteiger partial charge in [-0.15, -0.1) is 0 Å². The smallest absolute Gasteiger partial charge is 0.185 e. The fourth-order valence-corrected chi connectivity index (χ4v) is 2.64. The highest BCUT2D eigenvalue weighted by Gasteiger charge is 2.13. The Morgan fingerprint density at radius 1 is 1.08 bits per heavy atom. The summed E-state index contributed by atoms with van der Waals surface area (Å²) >= 11 is 0. The molecular weight excluding hydrogens is 316 g/mol. The summed E-state index contributed by atoms with van der Waals surface area (Å²) in [5, 5.41) is 21.3. The van der Waals surface area contributed by atoms with Crippen LogP contribution in [0.4, 0.5) is 17.3 Å². The lowest BCUT2D eigenvalue weighted by molar-refractivity contribution is 0.475. The van der Waals surface area contributed by atoms with Gasteiger partial charge in [-0.25, -0.2) is 9.97 Å². The van der Waals surface area contributed by atoms with Gasteiger partial charge in [0.2, 0.25) is 0 Å². The Hall–Kier alpha value is -3.61. The van der Waals surface area contributed by atoms with E-state index in [4.69, 9.17) is 5.73 Å². The molecule has 25 heavy (non-hydrogen) atoms. The second kappa shape index (κ2) is 5.79. The van der Waals surface area contributed by atoms with Crippen LogP contribution in [0.1, 0.15) is 5.56 Å². The number of benzene rings is 2. The van der Waals surface area contributed by atoms with Crippen molar-refractivity contribution in [3.63, 3.8) is 0 Å². The highest BCUT2D eigenvalue weighted by molar-refractivity contribution is 5.91. The van der Waals surface area contributed by atoms with E-state index in [9.17, 15) is 5.11 Å². The minimum atomic E-state index is -0.00776. The predicted molar refractivity (Wildman–Crippen MR) is 97.7 cm³/mol. The average molecular weight is 332 g/mol. The van der Waals surface area contributed by atoms with E-state index in [1.165, 1.54) is 6.33 Å². The molecule has 0 bridgehead atoms. The fourth-order valence-electron chi connectivity index (χ4n) is 2.64. The van der Waals surface area contributed by atoms with Crippen LogP contribution in [-0.2, 0) is 0 Å². The molecule has 0 fully saturated rings. The molecule has 0 radical (unpaired) electrons. The molecule has 7 nitrogen and oxygen atoms in total. The minimum absolute atomic E-state index is 0.00776. The summed E-state index contributed by atoms with van der Waals surface area (Å²) in [7, 11) is 0. The second-order valence-electron chi connectivity index (χ2n) is 5.78. The van der Waals surface area contributed by atoms with Gasteiger partial charge in [0, 0.05) is 16.6 Å². The maximum atomic E-state index is 10.6. The molecule has 7 heteroatoms. The molecule has 2 aromatic carbocycles. The third-order valence-corrected chi connectivity index (χ3v) is 4.00. The van der Waals surface area contributed by atoms with E-state index < -0.39 is 0 Å². The number of fused-ring (bicyclic) bond motifs is 1. The van der Waals surface area contributed by atoms with Gasteiger partial charge in [-0.3, -0.25) is 5.10 Å². The lowest BCUT2D eigenvalue weighted by atomic mass is 10.1. The highest BCUT2D eigenvalue weighted by Crippen LogP contribution is 2.34. The van der Waals surface area contributed by atoms with E-state index in [0.717, 1.165) is 27.7 Å². The Bertz CT molecular complexity index is 1060. The van der Waals surface area contributed by atoms with E-state index >= 15 is 0 Å². The van der Waals surface area contributed by atoms with Crippen LogP contribution in [0.25, 0.3) is 22.2 Å². The van der Waals surface area contributed by atoms with E-state index in [-0.39, 0.29) is 5.75 Å². The van der Waals surface area contributed by atoms with Crippen LogP contribution in [0.3, 0.4) is 0 Å². The van der Waals surface area contributed by atoms with Crippen molar-refractivity contribution < 1.29 is 5.11 Å². The summed E-state index contributed by atoms with van der Waals surface area (Å²) in [6.07, 6.45) is 1.42. The van der Waals surface area contributed by atoms with Crippen LogP contribution < -0.4 is 11.1 Å². The van der Waals surface area contributed by atoms with E-state index in [1.807, 2.05) is 49.4 Å². The topological polar surface area (TPSA) is 113 Å². The third-order valence-electron chi connectivity index (χ3n) is 4.00. The number of nitrogens with one attached hydrogen (secondary N) is 2. The molecule has 0 aliphatic rings. The predicted octanol–water partition coefficient (Wildman–Crippen LogP) is 3.36. The molecule has 2 heterocycles. The first-order valence-electron chi connectivity index (χ1n) is 7.73. The van der Waals surface area contributed by atoms with Crippen molar-refractivity contribution in [2.24, 2.45) is 0 Å². The van der Waals surface area contributed by atoms with Gasteiger partial charge >= 0.3 is 0 Å². The molecule has 0 spiro atoms. The number of aromatic hydroxyl groups is 1. The van der Waals surface area contributed by atoms with Gasteiger partial charge in [0.15, 0.2) is 17.4 Å². The lowest BCUT2D eigenvalue weighted by Crippen LogP contribution is -1.97. The maximum Gasteiger partial charge on any atom is 0.185 e. The SMILES string of the molecule is Cc1ccc(-c2ncnc(Nc3ccc4[nH]nc(N)c4c3)c2O)cc1. The molecule has 0 unspecified atom stereocenters. The highest BCUT2D eigenvalue weighted by atomic mass is 16.3. The zero-order valence-electron chi connectivity index (χ0n) is 13.5. The quantitative estimate of drug-likeness (QED) is 0.457. The van der Waals surface area contributed by atoms with Gasteiger partial charge < -0.3 is 16.2 Å². The van der Waals surface area contributed by atoms with Crippen molar-refractivity contribution >= 4 is 28.2 Å². The molecule has 2 aromatic heterocycles. The van der Waals surface area contributed by atoms with Crippen molar-refractivity contribution in [2.45, 2.75) is 6.92 Å². The van der Waals surface area contributed by atoms with Crippen LogP contribution in [-0.4, -0.2) is 25.3 Å². The van der Waals surface area contributed by atoms with Crippen molar-refractivity contribution in [3.05, 3.63) is 54.4 Å². The monoisotopic (exact) mass is 332 g/mol. The van der Waals surface area contributed by atoms with E-state index in [1.54, 1.807) is 0 Å². The second-order valence-corrected chi connectivity index (χ2v) is 5.78. The standard InChI is InChI=1S/C18H16N6O/c1-10-2-4-11(5-3-10)15-16(25)18(21-9-20-15)22-12-6-7-14-13(8-12)17(19)24-23-14/h2-9,25H,1H3,(H3,19,23,24)(H,20,21,22). The van der Waals surface area contributed by atoms with Gasteiger partial charge in [-0.2, -0.15) is 5.10 Å². The number of nitrogens with zero attached hydrogens (tertiary/aromatic N) is 3. The molecule has 0 saturated carbocycles. The number of H-pyrrole nitrogens is 1. The molecule has 4 rings (SSSR count). The number of anilines is 3. The van der Waals surface area contributed by atoms with E-state index in [0.29, 0.717) is 17.3 Å². The molecule has 4 aromatic rings. The molecule has 0 amide bonds.